The number of nitrogens with one attached hydrogen (secondary N) is 2. The first-order valence-electron chi connectivity index (χ1n) is 14.3. The van der Waals surface area contributed by atoms with Gasteiger partial charge in [0.1, 0.15) is 0 Å². The van der Waals surface area contributed by atoms with Crippen molar-refractivity contribution in [2.24, 2.45) is 13.0 Å². The summed E-state index contributed by atoms with van der Waals surface area (Å²) in [5.41, 5.74) is 7.58. The lowest BCUT2D eigenvalue weighted by molar-refractivity contribution is -0.124. The van der Waals surface area contributed by atoms with Crippen LogP contribution in [0.3, 0.4) is 0 Å². The molecule has 8 nitrogen and oxygen atoms in total. The van der Waals surface area contributed by atoms with Gasteiger partial charge in [0.25, 0.3) is 5.56 Å². The maximum Gasteiger partial charge on any atom is 0.253 e. The number of aromatic nitrogens is 3. The number of H-pyrrole nitrogens is 1. The Hall–Kier alpha value is -3.13. The first kappa shape index (κ1) is 28.9. The van der Waals surface area contributed by atoms with Crippen LogP contribution in [0.2, 0.25) is 0 Å². The molecular formula is C31H46N6O2. The molecule has 2 aromatic rings. The number of rotatable bonds is 8. The summed E-state index contributed by atoms with van der Waals surface area (Å²) in [6.45, 7) is 11.3. The number of aryl methyl sites for hydroxylation is 3. The molecule has 0 aliphatic heterocycles. The molecule has 0 radical (unpaired) electrons. The summed E-state index contributed by atoms with van der Waals surface area (Å²) in [5, 5.41) is 3.10. The number of hydrogen-bond acceptors (Lipinski definition) is 5. The zero-order chi connectivity index (χ0) is 28.4. The van der Waals surface area contributed by atoms with Crippen LogP contribution in [0.25, 0.3) is 5.57 Å². The van der Waals surface area contributed by atoms with Crippen LogP contribution in [0.1, 0.15) is 74.2 Å². The van der Waals surface area contributed by atoms with Gasteiger partial charge in [-0.1, -0.05) is 0 Å². The molecule has 0 bridgehead atoms. The molecule has 212 valence electrons. The van der Waals surface area contributed by atoms with E-state index in [1.165, 1.54) is 12.8 Å². The fraction of sp³-hybridized carbons (Fsp3) is 0.581. The second-order valence-electron chi connectivity index (χ2n) is 11.7. The fourth-order valence-corrected chi connectivity index (χ4v) is 6.37. The standard InChI is InChI=1S/C31H46N6O2/c1-9-37(25-12-10-24(11-13-25)35(6)7)28-16-23(29-22(5)36(8)18-33-29)15-26(21(28)4)30(38)32-17-27-19(2)14-20(3)34-31(27)39/h14,16,18,24-26H,9-13,15,17H2,1-8H3,(H,32,38)(H,34,39). The van der Waals surface area contributed by atoms with Crippen LogP contribution in [0.4, 0.5) is 0 Å². The number of allylic oxidation sites excluding steroid dienone is 2. The van der Waals surface area contributed by atoms with E-state index in [9.17, 15) is 9.59 Å². The molecule has 39 heavy (non-hydrogen) atoms. The minimum Gasteiger partial charge on any atom is -0.369 e. The molecule has 0 spiro atoms. The fourth-order valence-electron chi connectivity index (χ4n) is 6.37. The summed E-state index contributed by atoms with van der Waals surface area (Å²) in [5.74, 6) is -0.366. The van der Waals surface area contributed by atoms with Crippen molar-refractivity contribution in [2.75, 3.05) is 20.6 Å². The monoisotopic (exact) mass is 534 g/mol. The van der Waals surface area contributed by atoms with Gasteiger partial charge in [-0.05, 0) is 110 Å². The summed E-state index contributed by atoms with van der Waals surface area (Å²) in [7, 11) is 6.36. The summed E-state index contributed by atoms with van der Waals surface area (Å²) >= 11 is 0. The van der Waals surface area contributed by atoms with Crippen LogP contribution in [-0.4, -0.2) is 63.0 Å². The van der Waals surface area contributed by atoms with Crippen LogP contribution in [0.15, 0.2) is 34.5 Å². The first-order valence-corrected chi connectivity index (χ1v) is 14.3. The zero-order valence-electron chi connectivity index (χ0n) is 25.0. The van der Waals surface area contributed by atoms with Crippen LogP contribution < -0.4 is 10.9 Å². The van der Waals surface area contributed by atoms with Crippen molar-refractivity contribution in [3.63, 3.8) is 0 Å². The van der Waals surface area contributed by atoms with Crippen molar-refractivity contribution in [1.82, 2.24) is 29.7 Å². The highest BCUT2D eigenvalue weighted by Gasteiger charge is 2.34. The molecule has 8 heteroatoms. The summed E-state index contributed by atoms with van der Waals surface area (Å²) in [4.78, 5) is 38.8. The molecule has 0 saturated heterocycles. The highest BCUT2D eigenvalue weighted by atomic mass is 16.2. The van der Waals surface area contributed by atoms with E-state index in [4.69, 9.17) is 4.98 Å². The highest BCUT2D eigenvalue weighted by molar-refractivity contribution is 5.86. The molecule has 4 rings (SSSR count). The number of amides is 1. The number of nitrogens with zero attached hydrogens (tertiary/aromatic N) is 4. The average Bonchev–Trinajstić information content (AvgIpc) is 3.22. The Bertz CT molecular complexity index is 1320. The van der Waals surface area contributed by atoms with E-state index < -0.39 is 0 Å². The Morgan fingerprint density at radius 3 is 2.36 bits per heavy atom. The molecule has 1 amide bonds. The number of aromatic amines is 1. The molecule has 2 aliphatic rings. The van der Waals surface area contributed by atoms with Gasteiger partial charge in [0.15, 0.2) is 0 Å². The number of hydrogen-bond donors (Lipinski definition) is 2. The third-order valence-electron chi connectivity index (χ3n) is 8.93. The van der Waals surface area contributed by atoms with Gasteiger partial charge in [-0.2, -0.15) is 0 Å². The third kappa shape index (κ3) is 6.06. The van der Waals surface area contributed by atoms with Crippen LogP contribution in [0, 0.1) is 26.7 Å². The second kappa shape index (κ2) is 11.9. The SMILES string of the molecule is CCN(C1=C(C)C(C(=O)NCc2c(C)cc(C)[nH]c2=O)CC(c2ncn(C)c2C)=C1)C1CCC(N(C)C)CC1. The zero-order valence-corrected chi connectivity index (χ0v) is 25.0. The Balaban J connectivity index is 1.65. The number of likely N-dealkylation sites (N-methyl/N-ethyl adjacent to an activating group) is 1. The van der Waals surface area contributed by atoms with Gasteiger partial charge in [-0.3, -0.25) is 9.59 Å². The molecule has 1 unspecified atom stereocenters. The van der Waals surface area contributed by atoms with Gasteiger partial charge >= 0.3 is 0 Å². The number of pyridine rings is 1. The van der Waals surface area contributed by atoms with Crippen molar-refractivity contribution in [1.29, 1.82) is 0 Å². The third-order valence-corrected chi connectivity index (χ3v) is 8.93. The van der Waals surface area contributed by atoms with Crippen LogP contribution in [0.5, 0.6) is 0 Å². The summed E-state index contributed by atoms with van der Waals surface area (Å²) < 4.78 is 2.03. The summed E-state index contributed by atoms with van der Waals surface area (Å²) in [6.07, 6.45) is 9.38. The molecule has 2 N–H and O–H groups in total. The molecule has 1 fully saturated rings. The minimum absolute atomic E-state index is 0.0454. The highest BCUT2D eigenvalue weighted by Crippen LogP contribution is 2.39. The lowest BCUT2D eigenvalue weighted by atomic mass is 9.82. The van der Waals surface area contributed by atoms with E-state index in [1.807, 2.05) is 37.9 Å². The van der Waals surface area contributed by atoms with Gasteiger partial charge in [-0.15, -0.1) is 0 Å². The Kier molecular flexibility index (Phi) is 8.84. The first-order chi connectivity index (χ1) is 18.5. The predicted octanol–water partition coefficient (Wildman–Crippen LogP) is 4.22. The van der Waals surface area contributed by atoms with Crippen molar-refractivity contribution in [3.05, 3.63) is 68.3 Å². The predicted molar refractivity (Wildman–Crippen MR) is 157 cm³/mol. The smallest absolute Gasteiger partial charge is 0.253 e. The maximum absolute atomic E-state index is 13.8. The van der Waals surface area contributed by atoms with Crippen molar-refractivity contribution in [3.8, 4) is 0 Å². The Morgan fingerprint density at radius 1 is 1.13 bits per heavy atom. The number of carbonyl (C=O) groups excluding carboxylic acids is 1. The quantitative estimate of drug-likeness (QED) is 0.530. The molecule has 1 saturated carbocycles. The van der Waals surface area contributed by atoms with Crippen LogP contribution >= 0.6 is 0 Å². The largest absolute Gasteiger partial charge is 0.369 e. The maximum atomic E-state index is 13.8. The minimum atomic E-state index is -0.321. The van der Waals surface area contributed by atoms with E-state index in [2.05, 4.69) is 61.0 Å². The van der Waals surface area contributed by atoms with Gasteiger partial charge < -0.3 is 24.7 Å². The van der Waals surface area contributed by atoms with Crippen molar-refractivity contribution < 1.29 is 4.79 Å². The van der Waals surface area contributed by atoms with Gasteiger partial charge in [0, 0.05) is 54.9 Å². The van der Waals surface area contributed by atoms with E-state index in [-0.39, 0.29) is 23.9 Å². The normalized spacial score (nSPS) is 21.8. The number of carbonyl (C=O) groups is 1. The van der Waals surface area contributed by atoms with E-state index >= 15 is 0 Å². The lowest BCUT2D eigenvalue weighted by Gasteiger charge is -2.42. The average molecular weight is 535 g/mol. The van der Waals surface area contributed by atoms with E-state index in [1.54, 1.807) is 0 Å². The molecule has 1 atom stereocenters. The summed E-state index contributed by atoms with van der Waals surface area (Å²) in [6, 6.07) is 3.03. The second-order valence-corrected chi connectivity index (χ2v) is 11.7. The van der Waals surface area contributed by atoms with Gasteiger partial charge in [0.2, 0.25) is 5.91 Å². The van der Waals surface area contributed by atoms with Crippen molar-refractivity contribution in [2.45, 2.75) is 85.4 Å². The molecule has 2 heterocycles. The van der Waals surface area contributed by atoms with Crippen molar-refractivity contribution >= 4 is 11.5 Å². The van der Waals surface area contributed by atoms with E-state index in [0.29, 0.717) is 24.1 Å². The molecule has 0 aromatic carbocycles. The molecule has 2 aromatic heterocycles. The Labute approximate surface area is 233 Å². The molecular weight excluding hydrogens is 488 g/mol. The Morgan fingerprint density at radius 2 is 1.79 bits per heavy atom. The van der Waals surface area contributed by atoms with Crippen LogP contribution in [-0.2, 0) is 18.4 Å². The molecule has 2 aliphatic carbocycles. The number of imidazole rings is 1. The van der Waals surface area contributed by atoms with Gasteiger partial charge in [0.05, 0.1) is 17.9 Å². The van der Waals surface area contributed by atoms with Gasteiger partial charge in [-0.25, -0.2) is 4.98 Å². The lowest BCUT2D eigenvalue weighted by Crippen LogP contribution is -2.43. The topological polar surface area (TPSA) is 86.3 Å². The van der Waals surface area contributed by atoms with E-state index in [0.717, 1.165) is 58.9 Å².